The number of likely N-dealkylation sites (tertiary alicyclic amines) is 2. The summed E-state index contributed by atoms with van der Waals surface area (Å²) >= 11 is 0. The van der Waals surface area contributed by atoms with E-state index in [-0.39, 0.29) is 41.9 Å². The minimum Gasteiger partial charge on any atom is -0.453 e. The lowest BCUT2D eigenvalue weighted by atomic mass is 9.95. The monoisotopic (exact) mass is 872 g/mol. The van der Waals surface area contributed by atoms with Crippen LogP contribution in [-0.4, -0.2) is 86.1 Å². The molecule has 4 heterocycles. The van der Waals surface area contributed by atoms with Crippen LogP contribution in [-0.2, 0) is 19.1 Å². The number of methoxy groups -OCH3 is 2. The second kappa shape index (κ2) is 15.6. The van der Waals surface area contributed by atoms with Crippen LogP contribution in [0.1, 0.15) is 81.8 Å². The first-order chi connectivity index (χ1) is 31.5. The Hall–Kier alpha value is -6.96. The summed E-state index contributed by atoms with van der Waals surface area (Å²) in [5, 5.41) is 9.72. The van der Waals surface area contributed by atoms with Gasteiger partial charge in [-0.1, -0.05) is 87.5 Å². The molecule has 11 rings (SSSR count). The van der Waals surface area contributed by atoms with Gasteiger partial charge in [-0.05, 0) is 101 Å². The summed E-state index contributed by atoms with van der Waals surface area (Å²) in [6.45, 7) is 6.05. The van der Waals surface area contributed by atoms with Gasteiger partial charge >= 0.3 is 12.2 Å². The molecular formula is C51H52N8O6. The van der Waals surface area contributed by atoms with Crippen molar-refractivity contribution in [2.45, 2.75) is 82.7 Å². The predicted octanol–water partition coefficient (Wildman–Crippen LogP) is 8.85. The van der Waals surface area contributed by atoms with Crippen LogP contribution >= 0.6 is 0 Å². The van der Waals surface area contributed by atoms with Crippen LogP contribution in [0, 0.1) is 23.7 Å². The van der Waals surface area contributed by atoms with Crippen molar-refractivity contribution in [2.75, 3.05) is 14.2 Å². The maximum Gasteiger partial charge on any atom is 0.407 e. The number of imidazole rings is 2. The van der Waals surface area contributed by atoms with Crippen molar-refractivity contribution in [3.8, 4) is 11.1 Å². The lowest BCUT2D eigenvalue weighted by Gasteiger charge is -2.37. The van der Waals surface area contributed by atoms with Crippen molar-refractivity contribution in [1.82, 2.24) is 40.4 Å². The Morgan fingerprint density at radius 3 is 1.95 bits per heavy atom. The van der Waals surface area contributed by atoms with Gasteiger partial charge in [-0.2, -0.15) is 0 Å². The summed E-state index contributed by atoms with van der Waals surface area (Å²) in [7, 11) is 2.61. The summed E-state index contributed by atoms with van der Waals surface area (Å²) in [5.74, 6) is 2.17. The zero-order chi connectivity index (χ0) is 44.8. The summed E-state index contributed by atoms with van der Waals surface area (Å²) in [6.07, 6.45) is 2.42. The molecule has 2 aliphatic heterocycles. The Morgan fingerprint density at radius 1 is 0.708 bits per heavy atom. The third-order valence-electron chi connectivity index (χ3n) is 14.9. The van der Waals surface area contributed by atoms with E-state index in [2.05, 4.69) is 88.2 Å². The van der Waals surface area contributed by atoms with Crippen LogP contribution in [0.2, 0.25) is 0 Å². The van der Waals surface area contributed by atoms with E-state index < -0.39 is 24.3 Å². The second-order valence-corrected chi connectivity index (χ2v) is 18.8. The van der Waals surface area contributed by atoms with E-state index >= 15 is 0 Å². The van der Waals surface area contributed by atoms with E-state index in [1.165, 1.54) is 14.2 Å². The number of hydrogen-bond donors (Lipinski definition) is 4. The first-order valence-electron chi connectivity index (χ1n) is 22.7. The number of ether oxygens (including phenoxy) is 2. The molecule has 332 valence electrons. The Bertz CT molecular complexity index is 3050. The molecule has 14 nitrogen and oxygen atoms in total. The standard InChI is InChI=1S/C51H52N8O6/c1-25(2)40(56-50(62)64-4)48(60)58-33-16-11-32(23-33)45(58)47-53-38-20-15-31-22-29(13-18-35(31)43(38)55-47)28-12-17-34-30(21-28)14-19-37-42(34)54-46(52-37)39-24-36-26(3)44(36)59(39)49(61)41(57-51(63)65-5)27-9-7-6-8-10-27/h6-10,12-15,17-22,25-26,32-33,36,39-41,44-45H,11,16,23-24H2,1-5H3,(H,52,54)(H,53,55)(H,56,62)(H,57,63). The van der Waals surface area contributed by atoms with Gasteiger partial charge in [-0.3, -0.25) is 9.59 Å². The number of rotatable bonds is 9. The Kier molecular flexibility index (Phi) is 9.81. The third kappa shape index (κ3) is 6.75. The normalized spacial score (nSPS) is 24.2. The van der Waals surface area contributed by atoms with Crippen LogP contribution in [0.4, 0.5) is 9.59 Å². The maximum atomic E-state index is 14.5. The molecule has 5 aromatic carbocycles. The molecule has 9 atom stereocenters. The van der Waals surface area contributed by atoms with Gasteiger partial charge in [0.1, 0.15) is 23.7 Å². The molecule has 2 aliphatic carbocycles. The molecule has 65 heavy (non-hydrogen) atoms. The molecule has 14 heteroatoms. The Labute approximate surface area is 375 Å². The highest BCUT2D eigenvalue weighted by molar-refractivity contribution is 6.07. The number of nitrogens with zero attached hydrogens (tertiary/aromatic N) is 4. The zero-order valence-corrected chi connectivity index (χ0v) is 37.0. The van der Waals surface area contributed by atoms with E-state index in [0.717, 1.165) is 92.1 Å². The first kappa shape index (κ1) is 40.8. The maximum absolute atomic E-state index is 14.5. The van der Waals surface area contributed by atoms with Gasteiger partial charge in [0, 0.05) is 22.9 Å². The number of aromatic nitrogens is 4. The Morgan fingerprint density at radius 2 is 1.32 bits per heavy atom. The number of H-pyrrole nitrogens is 2. The third-order valence-corrected chi connectivity index (χ3v) is 14.9. The van der Waals surface area contributed by atoms with Gasteiger partial charge in [0.2, 0.25) is 5.91 Å². The van der Waals surface area contributed by atoms with Gasteiger partial charge < -0.3 is 39.9 Å². The van der Waals surface area contributed by atoms with Crippen molar-refractivity contribution >= 4 is 67.6 Å². The number of fused-ring (bicyclic) bond motifs is 9. The van der Waals surface area contributed by atoms with Gasteiger partial charge in [0.05, 0.1) is 48.4 Å². The zero-order valence-electron chi connectivity index (χ0n) is 37.0. The lowest BCUT2D eigenvalue weighted by Crippen LogP contribution is -2.54. The summed E-state index contributed by atoms with van der Waals surface area (Å²) in [6, 6.07) is 28.7. The molecule has 2 aromatic heterocycles. The average molecular weight is 873 g/mol. The van der Waals surface area contributed by atoms with E-state index in [0.29, 0.717) is 23.3 Å². The fourth-order valence-electron chi connectivity index (χ4n) is 11.5. The molecule has 4 amide bonds. The van der Waals surface area contributed by atoms with Crippen molar-refractivity contribution in [3.05, 3.63) is 108 Å². The molecular weight excluding hydrogens is 821 g/mol. The molecule has 2 saturated heterocycles. The van der Waals surface area contributed by atoms with E-state index in [9.17, 15) is 19.2 Å². The van der Waals surface area contributed by atoms with Crippen molar-refractivity contribution in [2.24, 2.45) is 23.7 Å². The molecule has 4 fully saturated rings. The van der Waals surface area contributed by atoms with Crippen LogP contribution in [0.3, 0.4) is 0 Å². The molecule has 0 radical (unpaired) electrons. The molecule has 0 spiro atoms. The molecule has 2 bridgehead atoms. The highest BCUT2D eigenvalue weighted by atomic mass is 16.5. The number of benzene rings is 5. The van der Waals surface area contributed by atoms with Gasteiger partial charge in [-0.15, -0.1) is 0 Å². The smallest absolute Gasteiger partial charge is 0.407 e. The minimum absolute atomic E-state index is 0.0723. The number of amides is 4. The largest absolute Gasteiger partial charge is 0.453 e. The fraction of sp³-hybridized carbons (Fsp3) is 0.373. The van der Waals surface area contributed by atoms with Crippen LogP contribution in [0.25, 0.3) is 54.7 Å². The summed E-state index contributed by atoms with van der Waals surface area (Å²) in [5.41, 5.74) is 6.37. The van der Waals surface area contributed by atoms with Crippen LogP contribution in [0.5, 0.6) is 0 Å². The molecule has 2 saturated carbocycles. The fourth-order valence-corrected chi connectivity index (χ4v) is 11.5. The number of carbonyl (C=O) groups is 4. The number of hydrogen-bond acceptors (Lipinski definition) is 8. The van der Waals surface area contributed by atoms with E-state index in [4.69, 9.17) is 19.4 Å². The number of nitrogens with one attached hydrogen (secondary N) is 4. The van der Waals surface area contributed by atoms with E-state index in [1.54, 1.807) is 0 Å². The first-order valence-corrected chi connectivity index (χ1v) is 22.7. The number of aromatic amines is 2. The predicted molar refractivity (Wildman–Crippen MR) is 246 cm³/mol. The topological polar surface area (TPSA) is 175 Å². The molecule has 9 unspecified atom stereocenters. The van der Waals surface area contributed by atoms with Crippen LogP contribution in [0.15, 0.2) is 91.0 Å². The van der Waals surface area contributed by atoms with Crippen LogP contribution < -0.4 is 10.6 Å². The Balaban J connectivity index is 0.876. The minimum atomic E-state index is -0.892. The highest BCUT2D eigenvalue weighted by Crippen LogP contribution is 2.58. The highest BCUT2D eigenvalue weighted by Gasteiger charge is 2.61. The SMILES string of the molecule is COC(=O)NC(C(=O)N1C(c2nc3c(ccc4cc(-c5ccc6c(ccc7[nH]c(C8C9CCC(C9)N8C(=O)C(NC(=O)OC)C(C)C)nc76)c5)ccc43)[nH]2)CC2C(C)C21)c1ccccc1. The average Bonchev–Trinajstić information content (AvgIpc) is 4.04. The molecule has 4 aliphatic rings. The summed E-state index contributed by atoms with van der Waals surface area (Å²) in [4.78, 5) is 74.8. The lowest BCUT2D eigenvalue weighted by molar-refractivity contribution is -0.139. The van der Waals surface area contributed by atoms with Gasteiger partial charge in [-0.25, -0.2) is 19.6 Å². The quantitative estimate of drug-likeness (QED) is 0.111. The van der Waals surface area contributed by atoms with Crippen molar-refractivity contribution in [1.29, 1.82) is 0 Å². The molecule has 7 aromatic rings. The van der Waals surface area contributed by atoms with Gasteiger partial charge in [0.25, 0.3) is 5.91 Å². The molecule has 4 N–H and O–H groups in total. The number of alkyl carbamates (subject to hydrolysis) is 2. The number of piperidine rings is 2. The summed E-state index contributed by atoms with van der Waals surface area (Å²) < 4.78 is 9.79. The van der Waals surface area contributed by atoms with E-state index in [1.807, 2.05) is 54.0 Å². The number of carbonyl (C=O) groups excluding carboxylic acids is 4. The van der Waals surface area contributed by atoms with Crippen molar-refractivity contribution < 1.29 is 28.7 Å². The van der Waals surface area contributed by atoms with Crippen molar-refractivity contribution in [3.63, 3.8) is 0 Å². The van der Waals surface area contributed by atoms with Gasteiger partial charge in [0.15, 0.2) is 0 Å². The second-order valence-electron chi connectivity index (χ2n) is 18.8.